The molecule has 110 valence electrons. The van der Waals surface area contributed by atoms with Crippen molar-refractivity contribution in [1.82, 2.24) is 5.32 Å². The van der Waals surface area contributed by atoms with Gasteiger partial charge in [-0.1, -0.05) is 11.6 Å². The molecule has 1 aromatic carbocycles. The molecule has 0 spiro atoms. The zero-order valence-electron chi connectivity index (χ0n) is 11.0. The van der Waals surface area contributed by atoms with Gasteiger partial charge >= 0.3 is 6.03 Å². The fourth-order valence-corrected chi connectivity index (χ4v) is 1.98. The van der Waals surface area contributed by atoms with Crippen LogP contribution in [0.1, 0.15) is 5.56 Å². The topological polar surface area (TPSA) is 59.6 Å². The van der Waals surface area contributed by atoms with Crippen LogP contribution in [0, 0.1) is 12.7 Å². The first-order valence-electron chi connectivity index (χ1n) is 6.26. The molecule has 1 atom stereocenters. The number of carbonyl (C=O) groups excluding carboxylic acids is 1. The smallest absolute Gasteiger partial charge is 0.319 e. The Morgan fingerprint density at radius 3 is 3.00 bits per heavy atom. The third kappa shape index (κ3) is 4.06. The van der Waals surface area contributed by atoms with Gasteiger partial charge in [0.15, 0.2) is 0 Å². The molecule has 1 fully saturated rings. The van der Waals surface area contributed by atoms with Crippen molar-refractivity contribution in [3.63, 3.8) is 0 Å². The summed E-state index contributed by atoms with van der Waals surface area (Å²) in [6.45, 7) is 3.49. The van der Waals surface area contributed by atoms with Crippen LogP contribution in [0.3, 0.4) is 0 Å². The Morgan fingerprint density at radius 1 is 1.50 bits per heavy atom. The molecule has 0 aliphatic carbocycles. The number of ether oxygens (including phenoxy) is 2. The monoisotopic (exact) mass is 302 g/mol. The summed E-state index contributed by atoms with van der Waals surface area (Å²) in [6.07, 6.45) is -0.153. The largest absolute Gasteiger partial charge is 0.376 e. The van der Waals surface area contributed by atoms with Crippen LogP contribution in [-0.2, 0) is 9.47 Å². The normalized spacial score (nSPS) is 18.6. The average molecular weight is 303 g/mol. The lowest BCUT2D eigenvalue weighted by Crippen LogP contribution is -2.41. The molecule has 0 bridgehead atoms. The molecule has 0 aromatic heterocycles. The summed E-state index contributed by atoms with van der Waals surface area (Å²) in [5, 5.41) is 5.38. The number of halogens is 2. The molecule has 0 radical (unpaired) electrons. The second kappa shape index (κ2) is 6.88. The zero-order valence-corrected chi connectivity index (χ0v) is 11.8. The molecular formula is C13H16ClFN2O3. The summed E-state index contributed by atoms with van der Waals surface area (Å²) in [7, 11) is 0. The summed E-state index contributed by atoms with van der Waals surface area (Å²) in [5.74, 6) is -0.409. The molecular weight excluding hydrogens is 287 g/mol. The van der Waals surface area contributed by atoms with E-state index in [1.165, 1.54) is 12.1 Å². The maximum atomic E-state index is 13.2. The van der Waals surface area contributed by atoms with Crippen LogP contribution >= 0.6 is 11.6 Å². The van der Waals surface area contributed by atoms with Gasteiger partial charge < -0.3 is 20.1 Å². The van der Waals surface area contributed by atoms with Crippen molar-refractivity contribution in [2.75, 3.05) is 31.7 Å². The van der Waals surface area contributed by atoms with Crippen LogP contribution in [-0.4, -0.2) is 38.5 Å². The molecule has 2 rings (SSSR count). The van der Waals surface area contributed by atoms with Gasteiger partial charge in [0.2, 0.25) is 0 Å². The van der Waals surface area contributed by atoms with E-state index in [1.54, 1.807) is 6.92 Å². The quantitative estimate of drug-likeness (QED) is 0.901. The molecule has 1 aliphatic rings. The Morgan fingerprint density at radius 2 is 2.30 bits per heavy atom. The number of benzene rings is 1. The third-order valence-electron chi connectivity index (χ3n) is 2.87. The van der Waals surface area contributed by atoms with Crippen molar-refractivity contribution in [3.8, 4) is 0 Å². The summed E-state index contributed by atoms with van der Waals surface area (Å²) in [4.78, 5) is 11.7. The van der Waals surface area contributed by atoms with E-state index in [-0.39, 0.29) is 11.1 Å². The molecule has 5 nitrogen and oxygen atoms in total. The number of aryl methyl sites for hydroxylation is 1. The van der Waals surface area contributed by atoms with Crippen LogP contribution in [0.5, 0.6) is 0 Å². The highest BCUT2D eigenvalue weighted by molar-refractivity contribution is 6.33. The van der Waals surface area contributed by atoms with E-state index >= 15 is 0 Å². The number of nitrogens with one attached hydrogen (secondary N) is 2. The van der Waals surface area contributed by atoms with Gasteiger partial charge in [-0.25, -0.2) is 9.18 Å². The van der Waals surface area contributed by atoms with Crippen molar-refractivity contribution >= 4 is 23.3 Å². The van der Waals surface area contributed by atoms with Gasteiger partial charge in [-0.2, -0.15) is 0 Å². The van der Waals surface area contributed by atoms with E-state index in [2.05, 4.69) is 10.6 Å². The standard InChI is InChI=1S/C13H16ClFN2O3/c1-8-4-12(10(14)5-11(8)15)17-13(18)16-6-9-7-19-2-3-20-9/h4-5,9H,2-3,6-7H2,1H3,(H2,16,17,18). The van der Waals surface area contributed by atoms with Crippen molar-refractivity contribution in [1.29, 1.82) is 0 Å². The van der Waals surface area contributed by atoms with Crippen LogP contribution in [0.2, 0.25) is 5.02 Å². The van der Waals surface area contributed by atoms with Gasteiger partial charge in [0, 0.05) is 6.54 Å². The Balaban J connectivity index is 1.86. The molecule has 1 unspecified atom stereocenters. The predicted octanol–water partition coefficient (Wildman–Crippen LogP) is 2.32. The second-order valence-electron chi connectivity index (χ2n) is 4.48. The van der Waals surface area contributed by atoms with Gasteiger partial charge in [0.05, 0.1) is 36.6 Å². The number of anilines is 1. The van der Waals surface area contributed by atoms with E-state index in [4.69, 9.17) is 21.1 Å². The Labute approximate surface area is 121 Å². The van der Waals surface area contributed by atoms with Gasteiger partial charge in [-0.15, -0.1) is 0 Å². The minimum Gasteiger partial charge on any atom is -0.376 e. The number of carbonyl (C=O) groups is 1. The van der Waals surface area contributed by atoms with Crippen molar-refractivity contribution in [2.24, 2.45) is 0 Å². The average Bonchev–Trinajstić information content (AvgIpc) is 2.44. The van der Waals surface area contributed by atoms with E-state index in [0.29, 0.717) is 37.6 Å². The van der Waals surface area contributed by atoms with Crippen LogP contribution in [0.25, 0.3) is 0 Å². The number of rotatable bonds is 3. The molecule has 1 saturated heterocycles. The predicted molar refractivity (Wildman–Crippen MR) is 73.7 cm³/mol. The van der Waals surface area contributed by atoms with Gasteiger partial charge in [-0.05, 0) is 24.6 Å². The molecule has 7 heteroatoms. The minimum atomic E-state index is -0.424. The summed E-state index contributed by atoms with van der Waals surface area (Å²) < 4.78 is 23.9. The summed E-state index contributed by atoms with van der Waals surface area (Å²) >= 11 is 5.87. The lowest BCUT2D eigenvalue weighted by molar-refractivity contribution is -0.0852. The third-order valence-corrected chi connectivity index (χ3v) is 3.18. The molecule has 2 N–H and O–H groups in total. The first-order valence-corrected chi connectivity index (χ1v) is 6.64. The Bertz CT molecular complexity index is 493. The lowest BCUT2D eigenvalue weighted by atomic mass is 10.2. The maximum absolute atomic E-state index is 13.2. The molecule has 20 heavy (non-hydrogen) atoms. The molecule has 1 heterocycles. The van der Waals surface area contributed by atoms with E-state index < -0.39 is 11.8 Å². The highest BCUT2D eigenvalue weighted by Crippen LogP contribution is 2.24. The van der Waals surface area contributed by atoms with E-state index in [1.807, 2.05) is 0 Å². The van der Waals surface area contributed by atoms with Crippen LogP contribution in [0.15, 0.2) is 12.1 Å². The van der Waals surface area contributed by atoms with Crippen molar-refractivity contribution < 1.29 is 18.7 Å². The van der Waals surface area contributed by atoms with Crippen molar-refractivity contribution in [2.45, 2.75) is 13.0 Å². The first-order chi connectivity index (χ1) is 9.56. The Hall–Kier alpha value is -1.37. The van der Waals surface area contributed by atoms with Crippen LogP contribution in [0.4, 0.5) is 14.9 Å². The number of urea groups is 1. The molecule has 1 aromatic rings. The number of hydrogen-bond donors (Lipinski definition) is 2. The summed E-state index contributed by atoms with van der Waals surface area (Å²) in [5.41, 5.74) is 0.776. The van der Waals surface area contributed by atoms with Crippen molar-refractivity contribution in [3.05, 3.63) is 28.5 Å². The second-order valence-corrected chi connectivity index (χ2v) is 4.89. The summed E-state index contributed by atoms with van der Waals surface area (Å²) in [6, 6.07) is 2.23. The fourth-order valence-electron chi connectivity index (χ4n) is 1.78. The first kappa shape index (κ1) is 15.0. The Kier molecular flexibility index (Phi) is 5.17. The minimum absolute atomic E-state index is 0.153. The lowest BCUT2D eigenvalue weighted by Gasteiger charge is -2.23. The number of hydrogen-bond acceptors (Lipinski definition) is 3. The molecule has 1 aliphatic heterocycles. The van der Waals surface area contributed by atoms with Gasteiger partial charge in [-0.3, -0.25) is 0 Å². The van der Waals surface area contributed by atoms with E-state index in [9.17, 15) is 9.18 Å². The molecule has 2 amide bonds. The number of amides is 2. The highest BCUT2D eigenvalue weighted by atomic mass is 35.5. The highest BCUT2D eigenvalue weighted by Gasteiger charge is 2.15. The van der Waals surface area contributed by atoms with Crippen LogP contribution < -0.4 is 10.6 Å². The van der Waals surface area contributed by atoms with E-state index in [0.717, 1.165) is 0 Å². The fraction of sp³-hybridized carbons (Fsp3) is 0.462. The maximum Gasteiger partial charge on any atom is 0.319 e. The van der Waals surface area contributed by atoms with Gasteiger partial charge in [0.1, 0.15) is 5.82 Å². The SMILES string of the molecule is Cc1cc(NC(=O)NCC2COCCO2)c(Cl)cc1F. The zero-order chi connectivity index (χ0) is 14.5. The molecule has 0 saturated carbocycles. The van der Waals surface area contributed by atoms with Gasteiger partial charge in [0.25, 0.3) is 0 Å².